The minimum atomic E-state index is -0.469. The molecule has 7 heteroatoms. The lowest BCUT2D eigenvalue weighted by Crippen LogP contribution is -2.46. The number of rotatable bonds is 8. The fourth-order valence-corrected chi connectivity index (χ4v) is 2.28. The van der Waals surface area contributed by atoms with Crippen LogP contribution in [0.15, 0.2) is 6.20 Å². The number of nitrogens with two attached hydrogens (primary N) is 1. The predicted molar refractivity (Wildman–Crippen MR) is 74.9 cm³/mol. The van der Waals surface area contributed by atoms with Crippen molar-refractivity contribution in [1.29, 1.82) is 0 Å². The third-order valence-electron chi connectivity index (χ3n) is 3.56. The zero-order chi connectivity index (χ0) is 14.5. The van der Waals surface area contributed by atoms with Crippen LogP contribution in [0, 0.1) is 0 Å². The van der Waals surface area contributed by atoms with Crippen molar-refractivity contribution in [3.8, 4) is 0 Å². The Morgan fingerprint density at radius 1 is 1.58 bits per heavy atom. The molecule has 1 aromatic rings. The van der Waals surface area contributed by atoms with Gasteiger partial charge in [-0.1, -0.05) is 18.5 Å². The van der Waals surface area contributed by atoms with Gasteiger partial charge in [-0.3, -0.25) is 10.5 Å². The van der Waals surface area contributed by atoms with Gasteiger partial charge in [-0.25, -0.2) is 5.43 Å². The lowest BCUT2D eigenvalue weighted by atomic mass is 9.91. The normalized spacial score (nSPS) is 16.3. The van der Waals surface area contributed by atoms with Crippen LogP contribution in [0.3, 0.4) is 0 Å². The van der Waals surface area contributed by atoms with E-state index >= 15 is 0 Å². The number of halogens is 1. The lowest BCUT2D eigenvalue weighted by Gasteiger charge is -2.35. The first-order valence-corrected chi connectivity index (χ1v) is 6.63. The maximum Gasteiger partial charge on any atom is 0.0930 e. The van der Waals surface area contributed by atoms with E-state index in [9.17, 15) is 0 Å². The Labute approximate surface area is 119 Å². The fourth-order valence-electron chi connectivity index (χ4n) is 2.03. The SMILES string of the molecule is CCC(C)(OC)C(NN)c1c(Cl)cnn1CCOC. The van der Waals surface area contributed by atoms with Crippen LogP contribution in [0.1, 0.15) is 32.0 Å². The first-order chi connectivity index (χ1) is 9.03. The molecule has 0 spiro atoms. The minimum absolute atomic E-state index is 0.255. The molecule has 6 nitrogen and oxygen atoms in total. The van der Waals surface area contributed by atoms with E-state index in [0.717, 1.165) is 12.1 Å². The van der Waals surface area contributed by atoms with Gasteiger partial charge in [0.25, 0.3) is 0 Å². The van der Waals surface area contributed by atoms with Gasteiger partial charge in [-0.15, -0.1) is 0 Å². The van der Waals surface area contributed by atoms with Crippen molar-refractivity contribution in [2.24, 2.45) is 5.84 Å². The highest BCUT2D eigenvalue weighted by Crippen LogP contribution is 2.34. The van der Waals surface area contributed by atoms with E-state index in [1.54, 1.807) is 25.1 Å². The fraction of sp³-hybridized carbons (Fsp3) is 0.750. The molecule has 0 bridgehead atoms. The van der Waals surface area contributed by atoms with Crippen molar-refractivity contribution in [1.82, 2.24) is 15.2 Å². The Balaban J connectivity index is 3.13. The molecular weight excluding hydrogens is 268 g/mol. The van der Waals surface area contributed by atoms with E-state index in [0.29, 0.717) is 18.2 Å². The summed E-state index contributed by atoms with van der Waals surface area (Å²) in [6, 6.07) is -0.255. The van der Waals surface area contributed by atoms with E-state index < -0.39 is 5.60 Å². The van der Waals surface area contributed by atoms with Crippen molar-refractivity contribution >= 4 is 11.6 Å². The van der Waals surface area contributed by atoms with Crippen molar-refractivity contribution in [3.63, 3.8) is 0 Å². The van der Waals surface area contributed by atoms with Gasteiger partial charge in [0.05, 0.1) is 41.7 Å². The first-order valence-electron chi connectivity index (χ1n) is 6.25. The average molecular weight is 291 g/mol. The van der Waals surface area contributed by atoms with Crippen LogP contribution in [-0.4, -0.2) is 36.2 Å². The number of hydrazine groups is 1. The minimum Gasteiger partial charge on any atom is -0.383 e. The molecule has 0 aliphatic rings. The number of hydrogen-bond acceptors (Lipinski definition) is 5. The van der Waals surface area contributed by atoms with Crippen molar-refractivity contribution in [3.05, 3.63) is 16.9 Å². The molecule has 0 aromatic carbocycles. The molecule has 2 atom stereocenters. The highest BCUT2D eigenvalue weighted by atomic mass is 35.5. The molecule has 0 radical (unpaired) electrons. The number of nitrogens with one attached hydrogen (secondary N) is 1. The Bertz CT molecular complexity index is 393. The van der Waals surface area contributed by atoms with Crippen LogP contribution in [0.2, 0.25) is 5.02 Å². The summed E-state index contributed by atoms with van der Waals surface area (Å²) in [4.78, 5) is 0. The van der Waals surface area contributed by atoms with Gasteiger partial charge < -0.3 is 9.47 Å². The van der Waals surface area contributed by atoms with Crippen LogP contribution in [0.5, 0.6) is 0 Å². The lowest BCUT2D eigenvalue weighted by molar-refractivity contribution is -0.0325. The van der Waals surface area contributed by atoms with Crippen molar-refractivity contribution < 1.29 is 9.47 Å². The van der Waals surface area contributed by atoms with E-state index in [4.69, 9.17) is 26.9 Å². The molecule has 3 N–H and O–H groups in total. The van der Waals surface area contributed by atoms with Crippen molar-refractivity contribution in [2.45, 2.75) is 38.5 Å². The van der Waals surface area contributed by atoms with Crippen LogP contribution in [0.4, 0.5) is 0 Å². The third kappa shape index (κ3) is 3.46. The first kappa shape index (κ1) is 16.4. The predicted octanol–water partition coefficient (Wildman–Crippen LogP) is 1.50. The molecule has 1 aromatic heterocycles. The van der Waals surface area contributed by atoms with E-state index in [-0.39, 0.29) is 6.04 Å². The topological polar surface area (TPSA) is 74.3 Å². The third-order valence-corrected chi connectivity index (χ3v) is 3.85. The quantitative estimate of drug-likeness (QED) is 0.561. The Kier molecular flexibility index (Phi) is 6.22. The van der Waals surface area contributed by atoms with Crippen molar-refractivity contribution in [2.75, 3.05) is 20.8 Å². The van der Waals surface area contributed by atoms with Gasteiger partial charge in [0.2, 0.25) is 0 Å². The number of ether oxygens (including phenoxy) is 2. The summed E-state index contributed by atoms with van der Waals surface area (Å²) in [5.41, 5.74) is 3.14. The standard InChI is InChI=1S/C12H23ClN4O2/c1-5-12(2,19-4)11(16-14)10-9(13)8-15-17(10)6-7-18-3/h8,11,16H,5-7,14H2,1-4H3. The van der Waals surface area contributed by atoms with Gasteiger partial charge in [0.15, 0.2) is 0 Å². The zero-order valence-corrected chi connectivity index (χ0v) is 12.7. The van der Waals surface area contributed by atoms with Crippen LogP contribution >= 0.6 is 11.6 Å². The molecule has 0 saturated carbocycles. The summed E-state index contributed by atoms with van der Waals surface area (Å²) >= 11 is 6.24. The largest absolute Gasteiger partial charge is 0.383 e. The molecule has 110 valence electrons. The molecule has 0 aliphatic carbocycles. The van der Waals surface area contributed by atoms with E-state index in [2.05, 4.69) is 10.5 Å². The van der Waals surface area contributed by atoms with Gasteiger partial charge >= 0.3 is 0 Å². The van der Waals surface area contributed by atoms with E-state index in [1.807, 2.05) is 13.8 Å². The summed E-state index contributed by atoms with van der Waals surface area (Å²) in [5.74, 6) is 5.71. The molecule has 0 amide bonds. The Morgan fingerprint density at radius 3 is 2.74 bits per heavy atom. The van der Waals surface area contributed by atoms with Gasteiger partial charge in [-0.2, -0.15) is 5.10 Å². The maximum absolute atomic E-state index is 6.24. The molecule has 0 aliphatic heterocycles. The molecule has 2 unspecified atom stereocenters. The smallest absolute Gasteiger partial charge is 0.0930 e. The number of methoxy groups -OCH3 is 2. The molecule has 1 rings (SSSR count). The zero-order valence-electron chi connectivity index (χ0n) is 11.9. The summed E-state index contributed by atoms with van der Waals surface area (Å²) in [6.45, 7) is 5.19. The maximum atomic E-state index is 6.24. The highest BCUT2D eigenvalue weighted by Gasteiger charge is 2.36. The number of nitrogens with zero attached hydrogens (tertiary/aromatic N) is 2. The molecule has 19 heavy (non-hydrogen) atoms. The molecule has 0 saturated heterocycles. The summed E-state index contributed by atoms with van der Waals surface area (Å²) in [5, 5.41) is 4.82. The Hall–Kier alpha value is -0.660. The molecule has 0 fully saturated rings. The van der Waals surface area contributed by atoms with Gasteiger partial charge in [0, 0.05) is 14.2 Å². The van der Waals surface area contributed by atoms with Gasteiger partial charge in [-0.05, 0) is 13.3 Å². The molecule has 1 heterocycles. The van der Waals surface area contributed by atoms with E-state index in [1.165, 1.54) is 0 Å². The average Bonchev–Trinajstić information content (AvgIpc) is 2.78. The second-order valence-electron chi connectivity index (χ2n) is 4.56. The van der Waals surface area contributed by atoms with Gasteiger partial charge in [0.1, 0.15) is 0 Å². The van der Waals surface area contributed by atoms with Crippen LogP contribution in [0.25, 0.3) is 0 Å². The molecular formula is C12H23ClN4O2. The second-order valence-corrected chi connectivity index (χ2v) is 4.97. The van der Waals surface area contributed by atoms with Crippen LogP contribution in [-0.2, 0) is 16.0 Å². The second kappa shape index (κ2) is 7.21. The monoisotopic (exact) mass is 290 g/mol. The summed E-state index contributed by atoms with van der Waals surface area (Å²) < 4.78 is 12.5. The summed E-state index contributed by atoms with van der Waals surface area (Å²) in [7, 11) is 3.31. The Morgan fingerprint density at radius 2 is 2.26 bits per heavy atom. The summed E-state index contributed by atoms with van der Waals surface area (Å²) in [6.07, 6.45) is 2.40. The highest BCUT2D eigenvalue weighted by molar-refractivity contribution is 6.31. The number of hydrogen-bond donors (Lipinski definition) is 2. The number of aromatic nitrogens is 2. The van der Waals surface area contributed by atoms with Crippen LogP contribution < -0.4 is 11.3 Å².